The van der Waals surface area contributed by atoms with Gasteiger partial charge in [-0.15, -0.1) is 0 Å². The molecule has 0 fully saturated rings. The molecule has 0 aromatic heterocycles. The smallest absolute Gasteiger partial charge is 0.319 e. The van der Waals surface area contributed by atoms with Gasteiger partial charge in [0.2, 0.25) is 0 Å². The molecule has 0 aliphatic carbocycles. The summed E-state index contributed by atoms with van der Waals surface area (Å²) in [4.78, 5) is 11.7. The van der Waals surface area contributed by atoms with Crippen molar-refractivity contribution in [2.24, 2.45) is 5.92 Å². The SMILES string of the molecule is COc1ccc(NC(=O)NC[C@@H](C)CCO)cc1Br. The van der Waals surface area contributed by atoms with E-state index in [0.29, 0.717) is 24.4 Å². The van der Waals surface area contributed by atoms with Crippen molar-refractivity contribution in [3.63, 3.8) is 0 Å². The fourth-order valence-electron chi connectivity index (χ4n) is 1.51. The van der Waals surface area contributed by atoms with Gasteiger partial charge in [0.15, 0.2) is 0 Å². The molecular formula is C13H19BrN2O3. The Morgan fingerprint density at radius 1 is 1.53 bits per heavy atom. The Labute approximate surface area is 121 Å². The Morgan fingerprint density at radius 2 is 2.26 bits per heavy atom. The summed E-state index contributed by atoms with van der Waals surface area (Å²) in [6.07, 6.45) is 0.675. The first kappa shape index (κ1) is 15.8. The monoisotopic (exact) mass is 330 g/mol. The third-order valence-corrected chi connectivity index (χ3v) is 3.26. The lowest BCUT2D eigenvalue weighted by atomic mass is 10.1. The molecule has 0 aliphatic heterocycles. The first-order valence-electron chi connectivity index (χ1n) is 6.06. The van der Waals surface area contributed by atoms with Gasteiger partial charge >= 0.3 is 6.03 Å². The van der Waals surface area contributed by atoms with E-state index in [-0.39, 0.29) is 18.6 Å². The number of amides is 2. The van der Waals surface area contributed by atoms with E-state index in [4.69, 9.17) is 9.84 Å². The third-order valence-electron chi connectivity index (χ3n) is 2.64. The minimum absolute atomic E-state index is 0.135. The Bertz CT molecular complexity index is 426. The molecule has 6 heteroatoms. The maximum absolute atomic E-state index is 11.7. The van der Waals surface area contributed by atoms with Gasteiger partial charge in [0.05, 0.1) is 11.6 Å². The number of aliphatic hydroxyl groups excluding tert-OH is 1. The van der Waals surface area contributed by atoms with Crippen LogP contribution in [0.2, 0.25) is 0 Å². The summed E-state index contributed by atoms with van der Waals surface area (Å²) in [6.45, 7) is 2.64. The van der Waals surface area contributed by atoms with Crippen molar-refractivity contribution < 1.29 is 14.6 Å². The predicted molar refractivity (Wildman–Crippen MR) is 78.6 cm³/mol. The fraction of sp³-hybridized carbons (Fsp3) is 0.462. The second-order valence-corrected chi connectivity index (χ2v) is 5.16. The quantitative estimate of drug-likeness (QED) is 0.750. The highest BCUT2D eigenvalue weighted by Gasteiger charge is 2.07. The first-order chi connectivity index (χ1) is 9.06. The summed E-state index contributed by atoms with van der Waals surface area (Å²) in [5.74, 6) is 0.959. The molecule has 3 N–H and O–H groups in total. The molecule has 1 atom stereocenters. The molecule has 0 aliphatic rings. The van der Waals surface area contributed by atoms with Crippen LogP contribution in [0.4, 0.5) is 10.5 Å². The molecule has 0 unspecified atom stereocenters. The van der Waals surface area contributed by atoms with E-state index in [0.717, 1.165) is 4.47 Å². The van der Waals surface area contributed by atoms with E-state index in [9.17, 15) is 4.79 Å². The highest BCUT2D eigenvalue weighted by atomic mass is 79.9. The zero-order valence-electron chi connectivity index (χ0n) is 11.1. The number of urea groups is 1. The Balaban J connectivity index is 2.46. The third kappa shape index (κ3) is 5.48. The predicted octanol–water partition coefficient (Wildman–Crippen LogP) is 2.60. The van der Waals surface area contributed by atoms with Gasteiger partial charge in [-0.25, -0.2) is 4.79 Å². The van der Waals surface area contributed by atoms with Crippen LogP contribution >= 0.6 is 15.9 Å². The van der Waals surface area contributed by atoms with Crippen LogP contribution in [-0.2, 0) is 0 Å². The van der Waals surface area contributed by atoms with Crippen molar-refractivity contribution in [3.05, 3.63) is 22.7 Å². The number of rotatable bonds is 6. The topological polar surface area (TPSA) is 70.6 Å². The maximum atomic E-state index is 11.7. The first-order valence-corrected chi connectivity index (χ1v) is 6.85. The molecule has 0 saturated heterocycles. The number of nitrogens with one attached hydrogen (secondary N) is 2. The second-order valence-electron chi connectivity index (χ2n) is 4.30. The van der Waals surface area contributed by atoms with E-state index in [1.807, 2.05) is 6.92 Å². The fourth-order valence-corrected chi connectivity index (χ4v) is 2.05. The molecule has 0 heterocycles. The highest BCUT2D eigenvalue weighted by Crippen LogP contribution is 2.27. The van der Waals surface area contributed by atoms with Crippen LogP contribution in [0.5, 0.6) is 5.75 Å². The van der Waals surface area contributed by atoms with Gasteiger partial charge < -0.3 is 20.5 Å². The van der Waals surface area contributed by atoms with Gasteiger partial charge in [0, 0.05) is 18.8 Å². The van der Waals surface area contributed by atoms with Crippen molar-refractivity contribution in [3.8, 4) is 5.75 Å². The molecule has 5 nitrogen and oxygen atoms in total. The second kappa shape index (κ2) is 8.01. The molecule has 19 heavy (non-hydrogen) atoms. The summed E-state index contributed by atoms with van der Waals surface area (Å²) >= 11 is 3.36. The van der Waals surface area contributed by atoms with Crippen LogP contribution in [0, 0.1) is 5.92 Å². The number of methoxy groups -OCH3 is 1. The number of hydrogen-bond acceptors (Lipinski definition) is 3. The average Bonchev–Trinajstić information content (AvgIpc) is 2.37. The Hall–Kier alpha value is -1.27. The lowest BCUT2D eigenvalue weighted by Gasteiger charge is -2.12. The van der Waals surface area contributed by atoms with Gasteiger partial charge in [-0.05, 0) is 46.5 Å². The van der Waals surface area contributed by atoms with Gasteiger partial charge in [0.25, 0.3) is 0 Å². The van der Waals surface area contributed by atoms with Gasteiger partial charge in [-0.1, -0.05) is 6.92 Å². The minimum Gasteiger partial charge on any atom is -0.496 e. The molecular weight excluding hydrogens is 312 g/mol. The molecule has 1 aromatic rings. The van der Waals surface area contributed by atoms with E-state index in [1.165, 1.54) is 0 Å². The summed E-state index contributed by atoms with van der Waals surface area (Å²) < 4.78 is 5.89. The number of carbonyl (C=O) groups excluding carboxylic acids is 1. The van der Waals surface area contributed by atoms with Crippen LogP contribution in [0.25, 0.3) is 0 Å². The van der Waals surface area contributed by atoms with Gasteiger partial charge in [-0.3, -0.25) is 0 Å². The van der Waals surface area contributed by atoms with E-state index < -0.39 is 0 Å². The molecule has 106 valence electrons. The van der Waals surface area contributed by atoms with Crippen LogP contribution in [0.3, 0.4) is 0 Å². The van der Waals surface area contributed by atoms with E-state index >= 15 is 0 Å². The van der Waals surface area contributed by atoms with Gasteiger partial charge in [-0.2, -0.15) is 0 Å². The molecule has 2 amide bonds. The Kier molecular flexibility index (Phi) is 6.66. The lowest BCUT2D eigenvalue weighted by Crippen LogP contribution is -2.32. The molecule has 0 bridgehead atoms. The number of hydrogen-bond donors (Lipinski definition) is 3. The van der Waals surface area contributed by atoms with Gasteiger partial charge in [0.1, 0.15) is 5.75 Å². The molecule has 1 rings (SSSR count). The van der Waals surface area contributed by atoms with Crippen LogP contribution in [0.1, 0.15) is 13.3 Å². The number of aliphatic hydroxyl groups is 1. The minimum atomic E-state index is -0.262. The Morgan fingerprint density at radius 3 is 2.84 bits per heavy atom. The lowest BCUT2D eigenvalue weighted by molar-refractivity contribution is 0.243. The summed E-state index contributed by atoms with van der Waals surface area (Å²) in [5, 5.41) is 14.3. The summed E-state index contributed by atoms with van der Waals surface area (Å²) in [7, 11) is 1.59. The zero-order chi connectivity index (χ0) is 14.3. The molecule has 0 radical (unpaired) electrons. The molecule has 0 saturated carbocycles. The maximum Gasteiger partial charge on any atom is 0.319 e. The van der Waals surface area contributed by atoms with Crippen LogP contribution in [0.15, 0.2) is 22.7 Å². The largest absolute Gasteiger partial charge is 0.496 e. The number of ether oxygens (including phenoxy) is 1. The molecule has 0 spiro atoms. The summed E-state index contributed by atoms with van der Waals surface area (Å²) in [5.41, 5.74) is 0.681. The average molecular weight is 331 g/mol. The van der Waals surface area contributed by atoms with Crippen LogP contribution in [-0.4, -0.2) is 31.4 Å². The van der Waals surface area contributed by atoms with Crippen molar-refractivity contribution in [1.82, 2.24) is 5.32 Å². The zero-order valence-corrected chi connectivity index (χ0v) is 12.7. The summed E-state index contributed by atoms with van der Waals surface area (Å²) in [6, 6.07) is 5.05. The van der Waals surface area contributed by atoms with Crippen molar-refractivity contribution in [2.75, 3.05) is 25.6 Å². The highest BCUT2D eigenvalue weighted by molar-refractivity contribution is 9.10. The van der Waals surface area contributed by atoms with E-state index in [1.54, 1.807) is 25.3 Å². The number of halogens is 1. The van der Waals surface area contributed by atoms with Crippen molar-refractivity contribution in [1.29, 1.82) is 0 Å². The van der Waals surface area contributed by atoms with E-state index in [2.05, 4.69) is 26.6 Å². The number of benzene rings is 1. The standard InChI is InChI=1S/C13H19BrN2O3/c1-9(5-6-17)8-15-13(18)16-10-3-4-12(19-2)11(14)7-10/h3-4,7,9,17H,5-6,8H2,1-2H3,(H2,15,16,18)/t9-/m0/s1. The normalized spacial score (nSPS) is 11.8. The van der Waals surface area contributed by atoms with Crippen molar-refractivity contribution in [2.45, 2.75) is 13.3 Å². The van der Waals surface area contributed by atoms with Crippen LogP contribution < -0.4 is 15.4 Å². The number of carbonyl (C=O) groups is 1. The number of anilines is 1. The van der Waals surface area contributed by atoms with Crippen molar-refractivity contribution >= 4 is 27.6 Å². The molecule has 1 aromatic carbocycles.